The van der Waals surface area contributed by atoms with Gasteiger partial charge in [0.25, 0.3) is 0 Å². The van der Waals surface area contributed by atoms with Crippen molar-refractivity contribution >= 4 is 17.4 Å². The van der Waals surface area contributed by atoms with Gasteiger partial charge in [-0.1, -0.05) is 39.0 Å². The number of para-hydroxylation sites is 1. The van der Waals surface area contributed by atoms with E-state index in [0.717, 1.165) is 17.7 Å². The Hall–Kier alpha value is -1.68. The second-order valence-corrected chi connectivity index (χ2v) is 5.53. The number of nitrogens with zero attached hydrogens (tertiary/aromatic N) is 1. The van der Waals surface area contributed by atoms with Crippen molar-refractivity contribution in [1.82, 2.24) is 5.32 Å². The summed E-state index contributed by atoms with van der Waals surface area (Å²) in [5, 5.41) is 3.08. The van der Waals surface area contributed by atoms with Crippen LogP contribution in [0.2, 0.25) is 0 Å². The SMILES string of the molecule is CC.CNC1CC(C)c2ccccc2N(C(C)C(C)=O)C1=O. The largest absolute Gasteiger partial charge is 0.309 e. The average Bonchev–Trinajstić information content (AvgIpc) is 2.64. The standard InChI is InChI=1S/C16H22N2O2.C2H6/c1-10-9-14(17-4)16(20)18(11(2)12(3)19)15-8-6-5-7-13(10)15;1-2/h5-8,10-11,14,17H,9H2,1-4H3;1-2H3. The van der Waals surface area contributed by atoms with Crippen LogP contribution in [0.1, 0.15) is 52.5 Å². The highest BCUT2D eigenvalue weighted by atomic mass is 16.2. The van der Waals surface area contributed by atoms with Crippen LogP contribution in [0, 0.1) is 0 Å². The van der Waals surface area contributed by atoms with E-state index < -0.39 is 6.04 Å². The first-order valence-electron chi connectivity index (χ1n) is 8.07. The van der Waals surface area contributed by atoms with Gasteiger partial charge in [-0.05, 0) is 44.9 Å². The molecule has 4 nitrogen and oxygen atoms in total. The normalized spacial score (nSPS) is 22.1. The number of likely N-dealkylation sites (N-methyl/N-ethyl adjacent to an activating group) is 1. The topological polar surface area (TPSA) is 49.4 Å². The Bertz CT molecular complexity index is 528. The average molecular weight is 304 g/mol. The Morgan fingerprint density at radius 1 is 1.32 bits per heavy atom. The van der Waals surface area contributed by atoms with Crippen molar-refractivity contribution in [3.05, 3.63) is 29.8 Å². The minimum atomic E-state index is -0.440. The first-order valence-corrected chi connectivity index (χ1v) is 8.07. The van der Waals surface area contributed by atoms with Gasteiger partial charge in [0, 0.05) is 5.69 Å². The Labute approximate surface area is 133 Å². The van der Waals surface area contributed by atoms with Gasteiger partial charge in [-0.2, -0.15) is 0 Å². The van der Waals surface area contributed by atoms with E-state index in [0.29, 0.717) is 0 Å². The quantitative estimate of drug-likeness (QED) is 0.933. The molecule has 0 spiro atoms. The van der Waals surface area contributed by atoms with E-state index in [1.807, 2.05) is 38.1 Å². The molecular weight excluding hydrogens is 276 g/mol. The highest BCUT2D eigenvalue weighted by Crippen LogP contribution is 2.35. The molecule has 122 valence electrons. The van der Waals surface area contributed by atoms with Crippen LogP contribution < -0.4 is 10.2 Å². The molecule has 1 amide bonds. The summed E-state index contributed by atoms with van der Waals surface area (Å²) < 4.78 is 0. The van der Waals surface area contributed by atoms with Crippen LogP contribution in [0.4, 0.5) is 5.69 Å². The van der Waals surface area contributed by atoms with Crippen LogP contribution in [0.25, 0.3) is 0 Å². The lowest BCUT2D eigenvalue weighted by Crippen LogP contribution is -2.50. The van der Waals surface area contributed by atoms with Gasteiger partial charge in [-0.25, -0.2) is 0 Å². The lowest BCUT2D eigenvalue weighted by Gasteiger charge is -2.30. The summed E-state index contributed by atoms with van der Waals surface area (Å²) >= 11 is 0. The van der Waals surface area contributed by atoms with E-state index in [2.05, 4.69) is 12.2 Å². The van der Waals surface area contributed by atoms with Gasteiger partial charge in [-0.3, -0.25) is 9.59 Å². The molecule has 0 aromatic heterocycles. The molecule has 0 fully saturated rings. The molecule has 1 N–H and O–H groups in total. The molecular formula is C18H28N2O2. The summed E-state index contributed by atoms with van der Waals surface area (Å²) in [6, 6.07) is 7.19. The van der Waals surface area contributed by atoms with Crippen LogP contribution in [-0.2, 0) is 9.59 Å². The van der Waals surface area contributed by atoms with Gasteiger partial charge in [0.1, 0.15) is 0 Å². The summed E-state index contributed by atoms with van der Waals surface area (Å²) in [5.41, 5.74) is 2.00. The van der Waals surface area contributed by atoms with Crippen molar-refractivity contribution in [2.45, 2.75) is 59.0 Å². The van der Waals surface area contributed by atoms with Crippen molar-refractivity contribution < 1.29 is 9.59 Å². The molecule has 0 aliphatic carbocycles. The third-order valence-corrected chi connectivity index (χ3v) is 4.18. The summed E-state index contributed by atoms with van der Waals surface area (Å²) in [5.74, 6) is 0.251. The molecule has 2 rings (SSSR count). The zero-order valence-electron chi connectivity index (χ0n) is 14.5. The first-order chi connectivity index (χ1) is 10.5. The van der Waals surface area contributed by atoms with E-state index in [9.17, 15) is 9.59 Å². The van der Waals surface area contributed by atoms with Gasteiger partial charge in [0.15, 0.2) is 5.78 Å². The van der Waals surface area contributed by atoms with Crippen molar-refractivity contribution in [1.29, 1.82) is 0 Å². The van der Waals surface area contributed by atoms with Crippen LogP contribution in [0.3, 0.4) is 0 Å². The predicted molar refractivity (Wildman–Crippen MR) is 91.3 cm³/mol. The Morgan fingerprint density at radius 2 is 1.91 bits per heavy atom. The number of benzene rings is 1. The van der Waals surface area contributed by atoms with Crippen LogP contribution in [-0.4, -0.2) is 30.8 Å². The zero-order chi connectivity index (χ0) is 16.9. The highest BCUT2D eigenvalue weighted by Gasteiger charge is 2.36. The van der Waals surface area contributed by atoms with E-state index in [1.54, 1.807) is 18.9 Å². The molecule has 1 aromatic rings. The van der Waals surface area contributed by atoms with Crippen molar-refractivity contribution in [3.8, 4) is 0 Å². The lowest BCUT2D eigenvalue weighted by atomic mass is 9.94. The number of rotatable bonds is 3. The third kappa shape index (κ3) is 3.55. The summed E-state index contributed by atoms with van der Waals surface area (Å²) in [6.45, 7) is 9.45. The van der Waals surface area contributed by atoms with Crippen LogP contribution >= 0.6 is 0 Å². The highest BCUT2D eigenvalue weighted by molar-refractivity contribution is 6.04. The molecule has 0 saturated carbocycles. The third-order valence-electron chi connectivity index (χ3n) is 4.18. The van der Waals surface area contributed by atoms with Gasteiger partial charge in [-0.15, -0.1) is 0 Å². The molecule has 22 heavy (non-hydrogen) atoms. The minimum absolute atomic E-state index is 0.00226. The molecule has 3 atom stereocenters. The van der Waals surface area contributed by atoms with Gasteiger partial charge in [0.05, 0.1) is 12.1 Å². The molecule has 1 heterocycles. The number of amides is 1. The van der Waals surface area contributed by atoms with Crippen LogP contribution in [0.15, 0.2) is 24.3 Å². The maximum Gasteiger partial charge on any atom is 0.244 e. The molecule has 0 bridgehead atoms. The smallest absolute Gasteiger partial charge is 0.244 e. The van der Waals surface area contributed by atoms with Gasteiger partial charge < -0.3 is 10.2 Å². The van der Waals surface area contributed by atoms with Crippen LogP contribution in [0.5, 0.6) is 0 Å². The van der Waals surface area contributed by atoms with Crippen molar-refractivity contribution in [2.24, 2.45) is 0 Å². The predicted octanol–water partition coefficient (Wildman–Crippen LogP) is 3.12. The second kappa shape index (κ2) is 8.08. The maximum absolute atomic E-state index is 12.7. The zero-order valence-corrected chi connectivity index (χ0v) is 14.5. The van der Waals surface area contributed by atoms with E-state index >= 15 is 0 Å². The number of hydrogen-bond donors (Lipinski definition) is 1. The number of carbonyl (C=O) groups is 2. The Kier molecular flexibility index (Phi) is 6.75. The first kappa shape index (κ1) is 18.4. The fraction of sp³-hybridized carbons (Fsp3) is 0.556. The van der Waals surface area contributed by atoms with E-state index in [-0.39, 0.29) is 23.7 Å². The molecule has 1 aliphatic heterocycles. The van der Waals surface area contributed by atoms with Crippen molar-refractivity contribution in [3.63, 3.8) is 0 Å². The molecule has 4 heteroatoms. The summed E-state index contributed by atoms with van der Waals surface area (Å²) in [4.78, 5) is 26.2. The number of hydrogen-bond acceptors (Lipinski definition) is 3. The number of fused-ring (bicyclic) bond motifs is 1. The Balaban J connectivity index is 0.00000116. The van der Waals surface area contributed by atoms with Gasteiger partial charge in [0.2, 0.25) is 5.91 Å². The van der Waals surface area contributed by atoms with Gasteiger partial charge >= 0.3 is 0 Å². The molecule has 1 aliphatic rings. The monoisotopic (exact) mass is 304 g/mol. The lowest BCUT2D eigenvalue weighted by molar-refractivity contribution is -0.124. The maximum atomic E-state index is 12.7. The summed E-state index contributed by atoms with van der Waals surface area (Å²) in [7, 11) is 1.79. The fourth-order valence-corrected chi connectivity index (χ4v) is 2.81. The number of nitrogens with one attached hydrogen (secondary N) is 1. The molecule has 0 radical (unpaired) electrons. The second-order valence-electron chi connectivity index (χ2n) is 5.53. The molecule has 1 aromatic carbocycles. The number of Topliss-reactive ketones (excluding diaryl/α,β-unsaturated/α-hetero) is 1. The molecule has 3 unspecified atom stereocenters. The van der Waals surface area contributed by atoms with E-state index in [4.69, 9.17) is 0 Å². The van der Waals surface area contributed by atoms with Crippen molar-refractivity contribution in [2.75, 3.05) is 11.9 Å². The minimum Gasteiger partial charge on any atom is -0.309 e. The van der Waals surface area contributed by atoms with E-state index in [1.165, 1.54) is 6.92 Å². The Morgan fingerprint density at radius 3 is 2.45 bits per heavy atom. The number of ketones is 1. The molecule has 0 saturated heterocycles. The fourth-order valence-electron chi connectivity index (χ4n) is 2.81. The number of carbonyl (C=O) groups excluding carboxylic acids is 2. The summed E-state index contributed by atoms with van der Waals surface area (Å²) in [6.07, 6.45) is 0.744. The number of anilines is 1.